The van der Waals surface area contributed by atoms with Gasteiger partial charge in [-0.25, -0.2) is 9.67 Å². The SMILES string of the molecule is CCC1CCc2nc(C(N)=O)nn21.CN1C(=O)CCOc2ccccc21. The van der Waals surface area contributed by atoms with Gasteiger partial charge in [0, 0.05) is 13.5 Å². The molecule has 2 amide bonds. The van der Waals surface area contributed by atoms with E-state index in [2.05, 4.69) is 17.0 Å². The second-order valence-corrected chi connectivity index (χ2v) is 6.28. The second kappa shape index (κ2) is 7.55. The number of aryl methyl sites for hydroxylation is 1. The summed E-state index contributed by atoms with van der Waals surface area (Å²) in [5.74, 6) is 1.38. The number of carbonyl (C=O) groups excluding carboxylic acids is 2. The fourth-order valence-corrected chi connectivity index (χ4v) is 3.12. The summed E-state index contributed by atoms with van der Waals surface area (Å²) in [5.41, 5.74) is 5.94. The summed E-state index contributed by atoms with van der Waals surface area (Å²) in [6, 6.07) is 7.97. The molecule has 8 heteroatoms. The zero-order valence-electron chi connectivity index (χ0n) is 15.0. The van der Waals surface area contributed by atoms with Crippen LogP contribution in [-0.4, -0.2) is 40.2 Å². The molecule has 0 spiro atoms. The van der Waals surface area contributed by atoms with Gasteiger partial charge >= 0.3 is 0 Å². The van der Waals surface area contributed by atoms with Gasteiger partial charge in [0.1, 0.15) is 11.6 Å². The highest BCUT2D eigenvalue weighted by atomic mass is 16.5. The monoisotopic (exact) mass is 357 g/mol. The Hall–Kier alpha value is -2.90. The summed E-state index contributed by atoms with van der Waals surface area (Å²) in [4.78, 5) is 27.9. The third-order valence-corrected chi connectivity index (χ3v) is 4.61. The highest BCUT2D eigenvalue weighted by Gasteiger charge is 2.25. The number of rotatable bonds is 2. The lowest BCUT2D eigenvalue weighted by Crippen LogP contribution is -2.24. The van der Waals surface area contributed by atoms with E-state index in [1.165, 1.54) is 0 Å². The van der Waals surface area contributed by atoms with E-state index in [0.29, 0.717) is 19.1 Å². The van der Waals surface area contributed by atoms with Gasteiger partial charge in [-0.1, -0.05) is 19.1 Å². The van der Waals surface area contributed by atoms with Crippen molar-refractivity contribution in [3.05, 3.63) is 35.9 Å². The quantitative estimate of drug-likeness (QED) is 0.881. The van der Waals surface area contributed by atoms with Crippen LogP contribution >= 0.6 is 0 Å². The summed E-state index contributed by atoms with van der Waals surface area (Å²) >= 11 is 0. The van der Waals surface area contributed by atoms with Crippen LogP contribution < -0.4 is 15.4 Å². The van der Waals surface area contributed by atoms with E-state index in [1.807, 2.05) is 28.9 Å². The lowest BCUT2D eigenvalue weighted by molar-refractivity contribution is -0.118. The Morgan fingerprint density at radius 2 is 2.12 bits per heavy atom. The van der Waals surface area contributed by atoms with Crippen molar-refractivity contribution in [2.45, 2.75) is 38.6 Å². The number of amides is 2. The van der Waals surface area contributed by atoms with Crippen LogP contribution in [0.15, 0.2) is 24.3 Å². The molecule has 0 saturated carbocycles. The fourth-order valence-electron chi connectivity index (χ4n) is 3.12. The van der Waals surface area contributed by atoms with Crippen LogP contribution in [0.5, 0.6) is 5.75 Å². The van der Waals surface area contributed by atoms with Gasteiger partial charge in [-0.15, -0.1) is 5.10 Å². The molecule has 8 nitrogen and oxygen atoms in total. The predicted molar refractivity (Wildman–Crippen MR) is 96.2 cm³/mol. The molecule has 0 radical (unpaired) electrons. The topological polar surface area (TPSA) is 103 Å². The van der Waals surface area contributed by atoms with Gasteiger partial charge in [0.2, 0.25) is 11.7 Å². The Kier molecular flexibility index (Phi) is 5.20. The number of ether oxygens (including phenoxy) is 1. The van der Waals surface area contributed by atoms with E-state index < -0.39 is 5.91 Å². The van der Waals surface area contributed by atoms with Gasteiger partial charge in [-0.05, 0) is 25.0 Å². The molecule has 1 atom stereocenters. The summed E-state index contributed by atoms with van der Waals surface area (Å²) in [5, 5.41) is 4.07. The number of anilines is 1. The molecule has 2 aliphatic heterocycles. The number of para-hydroxylation sites is 2. The molecule has 0 saturated heterocycles. The molecule has 0 bridgehead atoms. The number of nitrogens with two attached hydrogens (primary N) is 1. The number of benzene rings is 1. The highest BCUT2D eigenvalue weighted by Crippen LogP contribution is 2.29. The minimum atomic E-state index is -0.545. The molecule has 2 aromatic rings. The van der Waals surface area contributed by atoms with Crippen LogP contribution in [0, 0.1) is 0 Å². The highest BCUT2D eigenvalue weighted by molar-refractivity contribution is 5.95. The van der Waals surface area contributed by atoms with Gasteiger partial charge in [0.25, 0.3) is 5.91 Å². The molecule has 2 aliphatic rings. The molecule has 138 valence electrons. The second-order valence-electron chi connectivity index (χ2n) is 6.28. The Morgan fingerprint density at radius 1 is 1.35 bits per heavy atom. The van der Waals surface area contributed by atoms with Crippen LogP contribution in [0.1, 0.15) is 48.7 Å². The number of carbonyl (C=O) groups is 2. The number of hydrogen-bond acceptors (Lipinski definition) is 5. The van der Waals surface area contributed by atoms with Crippen molar-refractivity contribution in [1.29, 1.82) is 0 Å². The molecule has 3 heterocycles. The first kappa shape index (κ1) is 17.9. The Morgan fingerprint density at radius 3 is 2.85 bits per heavy atom. The maximum atomic E-state index is 11.4. The number of fused-ring (bicyclic) bond motifs is 2. The Balaban J connectivity index is 0.000000151. The molecular weight excluding hydrogens is 334 g/mol. The molecule has 2 N–H and O–H groups in total. The Bertz CT molecular complexity index is 817. The van der Waals surface area contributed by atoms with E-state index >= 15 is 0 Å². The molecule has 4 rings (SSSR count). The minimum absolute atomic E-state index is 0.102. The van der Waals surface area contributed by atoms with Gasteiger partial charge < -0.3 is 15.4 Å². The molecule has 1 aromatic carbocycles. The summed E-state index contributed by atoms with van der Waals surface area (Å²) < 4.78 is 7.26. The molecule has 0 aliphatic carbocycles. The summed E-state index contributed by atoms with van der Waals surface area (Å²) in [6.07, 6.45) is 3.45. The predicted octanol–water partition coefficient (Wildman–Crippen LogP) is 1.71. The molecule has 1 aromatic heterocycles. The van der Waals surface area contributed by atoms with E-state index in [4.69, 9.17) is 10.5 Å². The maximum absolute atomic E-state index is 11.4. The average Bonchev–Trinajstić information content (AvgIpc) is 3.18. The van der Waals surface area contributed by atoms with Crippen molar-refractivity contribution in [1.82, 2.24) is 14.8 Å². The lowest BCUT2D eigenvalue weighted by Gasteiger charge is -2.15. The molecule has 1 unspecified atom stereocenters. The average molecular weight is 357 g/mol. The van der Waals surface area contributed by atoms with Crippen LogP contribution in [0.3, 0.4) is 0 Å². The van der Waals surface area contributed by atoms with Crippen molar-refractivity contribution >= 4 is 17.5 Å². The van der Waals surface area contributed by atoms with Gasteiger partial charge in [0.15, 0.2) is 0 Å². The van der Waals surface area contributed by atoms with Crippen molar-refractivity contribution in [3.63, 3.8) is 0 Å². The summed E-state index contributed by atoms with van der Waals surface area (Å²) in [7, 11) is 1.77. The van der Waals surface area contributed by atoms with E-state index in [0.717, 1.165) is 36.5 Å². The van der Waals surface area contributed by atoms with Gasteiger partial charge in [-0.2, -0.15) is 0 Å². The van der Waals surface area contributed by atoms with E-state index in [9.17, 15) is 9.59 Å². The first-order valence-electron chi connectivity index (χ1n) is 8.74. The van der Waals surface area contributed by atoms with Crippen LogP contribution in [0.2, 0.25) is 0 Å². The molecule has 26 heavy (non-hydrogen) atoms. The van der Waals surface area contributed by atoms with Crippen LogP contribution in [0.4, 0.5) is 5.69 Å². The zero-order chi connectivity index (χ0) is 18.7. The van der Waals surface area contributed by atoms with Crippen molar-refractivity contribution < 1.29 is 14.3 Å². The van der Waals surface area contributed by atoms with Crippen molar-refractivity contribution in [2.75, 3.05) is 18.6 Å². The number of aromatic nitrogens is 3. The van der Waals surface area contributed by atoms with Crippen LogP contribution in [0.25, 0.3) is 0 Å². The first-order chi connectivity index (χ1) is 12.5. The maximum Gasteiger partial charge on any atom is 0.288 e. The smallest absolute Gasteiger partial charge is 0.288 e. The number of nitrogens with zero attached hydrogens (tertiary/aromatic N) is 4. The zero-order valence-corrected chi connectivity index (χ0v) is 15.0. The van der Waals surface area contributed by atoms with Crippen molar-refractivity contribution in [2.24, 2.45) is 5.73 Å². The van der Waals surface area contributed by atoms with Gasteiger partial charge in [-0.3, -0.25) is 9.59 Å². The number of hydrogen-bond donors (Lipinski definition) is 1. The van der Waals surface area contributed by atoms with Crippen molar-refractivity contribution in [3.8, 4) is 5.75 Å². The minimum Gasteiger partial charge on any atom is -0.491 e. The van der Waals surface area contributed by atoms with E-state index in [1.54, 1.807) is 11.9 Å². The lowest BCUT2D eigenvalue weighted by atomic mass is 10.2. The third kappa shape index (κ3) is 3.54. The normalized spacial score (nSPS) is 18.2. The Labute approximate surface area is 151 Å². The number of primary amides is 1. The van der Waals surface area contributed by atoms with E-state index in [-0.39, 0.29) is 11.7 Å². The standard InChI is InChI=1S/C10H11NO2.C8H12N4O/c1-11-8-4-2-3-5-9(8)13-7-6-10(11)12;1-2-5-3-4-6-10-8(7(9)13)11-12(5)6/h2-5H,6-7H2,1H3;5H,2-4H2,1H3,(H2,9,13). The first-order valence-corrected chi connectivity index (χ1v) is 8.74. The van der Waals surface area contributed by atoms with Gasteiger partial charge in [0.05, 0.1) is 24.8 Å². The molecular formula is C18H23N5O3. The summed E-state index contributed by atoms with van der Waals surface area (Å²) in [6.45, 7) is 2.57. The third-order valence-electron chi connectivity index (χ3n) is 4.61. The largest absolute Gasteiger partial charge is 0.491 e. The molecule has 0 fully saturated rings. The fraction of sp³-hybridized carbons (Fsp3) is 0.444. The van der Waals surface area contributed by atoms with Crippen LogP contribution in [-0.2, 0) is 11.2 Å².